The predicted octanol–water partition coefficient (Wildman–Crippen LogP) is 5.23. The fourth-order valence-electron chi connectivity index (χ4n) is 2.15. The number of unbranched alkanes of at least 4 members (excludes halogenated alkanes) is 4. The highest BCUT2D eigenvalue weighted by Crippen LogP contribution is 2.21. The zero-order chi connectivity index (χ0) is 13.5. The van der Waals surface area contributed by atoms with Gasteiger partial charge >= 0.3 is 0 Å². The average Bonchev–Trinajstić information content (AvgIpc) is 2.39. The summed E-state index contributed by atoms with van der Waals surface area (Å²) in [6, 6.07) is 0. The molecule has 0 aliphatic carbocycles. The van der Waals surface area contributed by atoms with Crippen molar-refractivity contribution in [3.63, 3.8) is 0 Å². The molecule has 0 heterocycles. The minimum Gasteiger partial charge on any atom is -0.391 e. The number of nitrogens with one attached hydrogen (secondary N) is 1. The molecule has 1 atom stereocenters. The minimum absolute atomic E-state index is 0.954. The van der Waals surface area contributed by atoms with Gasteiger partial charge < -0.3 is 5.32 Å². The molecule has 0 aromatic carbocycles. The van der Waals surface area contributed by atoms with E-state index in [2.05, 4.69) is 37.5 Å². The van der Waals surface area contributed by atoms with Crippen molar-refractivity contribution in [1.29, 1.82) is 0 Å². The summed E-state index contributed by atoms with van der Waals surface area (Å²) in [7, 11) is 0. The van der Waals surface area contributed by atoms with Crippen molar-refractivity contribution in [1.82, 2.24) is 5.32 Å². The summed E-state index contributed by atoms with van der Waals surface area (Å²) >= 11 is 2.11. The van der Waals surface area contributed by atoms with Gasteiger partial charge in [0.1, 0.15) is 0 Å². The second kappa shape index (κ2) is 14.9. The van der Waals surface area contributed by atoms with Crippen LogP contribution in [0.25, 0.3) is 0 Å². The van der Waals surface area contributed by atoms with Crippen LogP contribution in [-0.2, 0) is 0 Å². The zero-order valence-corrected chi connectivity index (χ0v) is 13.4. The second-order valence-electron chi connectivity index (χ2n) is 5.09. The fourth-order valence-corrected chi connectivity index (χ4v) is 3.24. The van der Waals surface area contributed by atoms with Gasteiger partial charge in [0.05, 0.1) is 0 Å². The molecule has 0 radical (unpaired) electrons. The Morgan fingerprint density at radius 1 is 1.06 bits per heavy atom. The minimum atomic E-state index is 0.954. The van der Waals surface area contributed by atoms with E-state index in [-0.39, 0.29) is 0 Å². The Morgan fingerprint density at radius 3 is 2.44 bits per heavy atom. The zero-order valence-electron chi connectivity index (χ0n) is 12.5. The van der Waals surface area contributed by atoms with Crippen molar-refractivity contribution in [3.05, 3.63) is 12.8 Å². The SMILES string of the molecule is C=CNCCSCC(CCCC)CCCCCC. The molecule has 0 fully saturated rings. The topological polar surface area (TPSA) is 12.0 Å². The summed E-state index contributed by atoms with van der Waals surface area (Å²) in [5.41, 5.74) is 0. The van der Waals surface area contributed by atoms with Crippen LogP contribution >= 0.6 is 11.8 Å². The fraction of sp³-hybridized carbons (Fsp3) is 0.875. The standard InChI is InChI=1S/C16H33NS/c1-4-7-9-10-12-16(11-8-5-2)15-18-14-13-17-6-3/h6,16-17H,3-5,7-15H2,1-2H3. The quantitative estimate of drug-likeness (QED) is 0.434. The number of hydrogen-bond donors (Lipinski definition) is 1. The molecule has 2 heteroatoms. The largest absolute Gasteiger partial charge is 0.391 e. The summed E-state index contributed by atoms with van der Waals surface area (Å²) in [6.07, 6.45) is 13.1. The van der Waals surface area contributed by atoms with Crippen LogP contribution in [0.3, 0.4) is 0 Å². The van der Waals surface area contributed by atoms with E-state index in [1.165, 1.54) is 62.9 Å². The van der Waals surface area contributed by atoms with Crippen LogP contribution in [0.5, 0.6) is 0 Å². The molecule has 0 bridgehead atoms. The van der Waals surface area contributed by atoms with Gasteiger partial charge in [-0.2, -0.15) is 11.8 Å². The summed E-state index contributed by atoms with van der Waals surface area (Å²) in [6.45, 7) is 9.32. The molecule has 1 unspecified atom stereocenters. The van der Waals surface area contributed by atoms with Crippen molar-refractivity contribution in [2.24, 2.45) is 5.92 Å². The Bertz CT molecular complexity index is 170. The highest BCUT2D eigenvalue weighted by molar-refractivity contribution is 7.99. The van der Waals surface area contributed by atoms with Crippen molar-refractivity contribution < 1.29 is 0 Å². The lowest BCUT2D eigenvalue weighted by Gasteiger charge is -2.16. The third kappa shape index (κ3) is 12.3. The molecule has 1 N–H and O–H groups in total. The summed E-state index contributed by atoms with van der Waals surface area (Å²) in [4.78, 5) is 0. The molecule has 1 nitrogen and oxygen atoms in total. The van der Waals surface area contributed by atoms with Crippen LogP contribution in [0.1, 0.15) is 65.2 Å². The lowest BCUT2D eigenvalue weighted by molar-refractivity contribution is 0.451. The van der Waals surface area contributed by atoms with Gasteiger partial charge in [0, 0.05) is 12.3 Å². The summed E-state index contributed by atoms with van der Waals surface area (Å²) < 4.78 is 0. The summed E-state index contributed by atoms with van der Waals surface area (Å²) in [5.74, 6) is 3.52. The van der Waals surface area contributed by atoms with E-state index in [0.717, 1.165) is 12.5 Å². The van der Waals surface area contributed by atoms with Crippen molar-refractivity contribution in [2.45, 2.75) is 65.2 Å². The van der Waals surface area contributed by atoms with E-state index in [9.17, 15) is 0 Å². The predicted molar refractivity (Wildman–Crippen MR) is 87.3 cm³/mol. The number of thioether (sulfide) groups is 1. The van der Waals surface area contributed by atoms with Gasteiger partial charge in [0.25, 0.3) is 0 Å². The molecule has 18 heavy (non-hydrogen) atoms. The normalized spacial score (nSPS) is 12.3. The van der Waals surface area contributed by atoms with E-state index in [0.29, 0.717) is 0 Å². The van der Waals surface area contributed by atoms with Crippen LogP contribution in [0.4, 0.5) is 0 Å². The van der Waals surface area contributed by atoms with Crippen LogP contribution in [0.15, 0.2) is 12.8 Å². The van der Waals surface area contributed by atoms with Gasteiger partial charge in [-0.3, -0.25) is 0 Å². The van der Waals surface area contributed by atoms with Gasteiger partial charge in [0.2, 0.25) is 0 Å². The highest BCUT2D eigenvalue weighted by atomic mass is 32.2. The van der Waals surface area contributed by atoms with Crippen LogP contribution < -0.4 is 5.32 Å². The van der Waals surface area contributed by atoms with E-state index in [4.69, 9.17) is 0 Å². The van der Waals surface area contributed by atoms with Gasteiger partial charge in [-0.1, -0.05) is 59.0 Å². The molecule has 0 aromatic heterocycles. The lowest BCUT2D eigenvalue weighted by Crippen LogP contribution is -2.11. The average molecular weight is 272 g/mol. The molecule has 0 saturated heterocycles. The van der Waals surface area contributed by atoms with E-state index in [1.807, 2.05) is 0 Å². The van der Waals surface area contributed by atoms with Gasteiger partial charge in [-0.25, -0.2) is 0 Å². The third-order valence-electron chi connectivity index (χ3n) is 3.32. The van der Waals surface area contributed by atoms with E-state index in [1.54, 1.807) is 6.20 Å². The first-order chi connectivity index (χ1) is 8.85. The molecule has 0 rings (SSSR count). The first-order valence-electron chi connectivity index (χ1n) is 7.77. The monoisotopic (exact) mass is 271 g/mol. The smallest absolute Gasteiger partial charge is 0.0232 e. The Morgan fingerprint density at radius 2 is 1.78 bits per heavy atom. The molecule has 0 saturated carbocycles. The Balaban J connectivity index is 3.59. The van der Waals surface area contributed by atoms with Crippen LogP contribution in [-0.4, -0.2) is 18.1 Å². The maximum atomic E-state index is 3.67. The number of hydrogen-bond acceptors (Lipinski definition) is 2. The Kier molecular flexibility index (Phi) is 14.9. The maximum absolute atomic E-state index is 3.67. The van der Waals surface area contributed by atoms with Gasteiger partial charge in [-0.15, -0.1) is 0 Å². The van der Waals surface area contributed by atoms with Crippen LogP contribution in [0.2, 0.25) is 0 Å². The molecule has 108 valence electrons. The molecule has 0 aliphatic heterocycles. The maximum Gasteiger partial charge on any atom is 0.0232 e. The third-order valence-corrected chi connectivity index (χ3v) is 4.52. The molecule has 0 aromatic rings. The number of rotatable bonds is 14. The van der Waals surface area contributed by atoms with Crippen molar-refractivity contribution in [3.8, 4) is 0 Å². The molecular weight excluding hydrogens is 238 g/mol. The molecule has 0 amide bonds. The molecular formula is C16H33NS. The molecule has 0 spiro atoms. The second-order valence-corrected chi connectivity index (χ2v) is 6.24. The van der Waals surface area contributed by atoms with Crippen LogP contribution in [0, 0.1) is 5.92 Å². The molecule has 0 aliphatic rings. The Hall–Kier alpha value is -0.110. The van der Waals surface area contributed by atoms with Crippen molar-refractivity contribution in [2.75, 3.05) is 18.1 Å². The highest BCUT2D eigenvalue weighted by Gasteiger charge is 2.08. The van der Waals surface area contributed by atoms with Gasteiger partial charge in [0.15, 0.2) is 0 Å². The summed E-state index contributed by atoms with van der Waals surface area (Å²) in [5, 5.41) is 3.17. The Labute approximate surface area is 119 Å². The lowest BCUT2D eigenvalue weighted by atomic mass is 9.97. The van der Waals surface area contributed by atoms with Gasteiger partial charge in [-0.05, 0) is 30.7 Å². The van der Waals surface area contributed by atoms with E-state index < -0.39 is 0 Å². The van der Waals surface area contributed by atoms with E-state index >= 15 is 0 Å². The first kappa shape index (κ1) is 17.9. The van der Waals surface area contributed by atoms with Crippen molar-refractivity contribution >= 4 is 11.8 Å². The first-order valence-corrected chi connectivity index (χ1v) is 8.92.